The molecule has 0 saturated heterocycles. The number of thiol groups is 1. The minimum absolute atomic E-state index is 0.143. The van der Waals surface area contributed by atoms with Crippen molar-refractivity contribution in [3.63, 3.8) is 0 Å². The summed E-state index contributed by atoms with van der Waals surface area (Å²) in [5.74, 6) is 1.27. The summed E-state index contributed by atoms with van der Waals surface area (Å²) in [5.41, 5.74) is 8.51. The van der Waals surface area contributed by atoms with Gasteiger partial charge in [0.15, 0.2) is 0 Å². The molecule has 188 valence electrons. The Morgan fingerprint density at radius 2 is 1.64 bits per heavy atom. The van der Waals surface area contributed by atoms with Crippen molar-refractivity contribution in [1.29, 1.82) is 0 Å². The fourth-order valence-electron chi connectivity index (χ4n) is 5.58. The molecule has 1 saturated carbocycles. The summed E-state index contributed by atoms with van der Waals surface area (Å²) in [4.78, 5) is 2.97. The molecule has 1 heteroatoms. The first-order valence-corrected chi connectivity index (χ1v) is 15.3. The van der Waals surface area contributed by atoms with Crippen LogP contribution >= 0.6 is 10.9 Å². The van der Waals surface area contributed by atoms with Crippen LogP contribution in [0.25, 0.3) is 11.6 Å². The molecule has 5 rings (SSSR count). The Balaban J connectivity index is 1.56. The van der Waals surface area contributed by atoms with E-state index in [2.05, 4.69) is 119 Å². The van der Waals surface area contributed by atoms with Crippen LogP contribution in [0.4, 0.5) is 0 Å². The monoisotopic (exact) mass is 494 g/mol. The summed E-state index contributed by atoms with van der Waals surface area (Å²) in [7, 11) is -0.535. The van der Waals surface area contributed by atoms with Gasteiger partial charge in [-0.3, -0.25) is 0 Å². The van der Waals surface area contributed by atoms with E-state index in [4.69, 9.17) is 0 Å². The Morgan fingerprint density at radius 1 is 0.861 bits per heavy atom. The standard InChI is InChI=1S/C35H42S/c1-25(2)29-20-27(19-18-26-12-7-6-8-13-26)21-31(23-29)36-24-33(32-16-9-10-17-34(32)36)28-14-11-15-30(22-28)35(3,4)5/h9-11,14-26,36H,6-8,12-13H2,1-5H3/b19-18+. The number of hydrogen-bond acceptors (Lipinski definition) is 0. The maximum atomic E-state index is 2.58. The van der Waals surface area contributed by atoms with Crippen LogP contribution in [-0.4, -0.2) is 0 Å². The topological polar surface area (TPSA) is 0 Å². The lowest BCUT2D eigenvalue weighted by Gasteiger charge is -2.20. The van der Waals surface area contributed by atoms with Gasteiger partial charge in [0.05, 0.1) is 0 Å². The van der Waals surface area contributed by atoms with E-state index in [-0.39, 0.29) is 5.41 Å². The molecule has 0 bridgehead atoms. The van der Waals surface area contributed by atoms with Gasteiger partial charge < -0.3 is 0 Å². The zero-order valence-electron chi connectivity index (χ0n) is 22.7. The number of hydrogen-bond donors (Lipinski definition) is 1. The average molecular weight is 495 g/mol. The van der Waals surface area contributed by atoms with Crippen LogP contribution in [0.5, 0.6) is 0 Å². The van der Waals surface area contributed by atoms with Crippen LogP contribution in [0.2, 0.25) is 0 Å². The van der Waals surface area contributed by atoms with Crippen molar-refractivity contribution in [3.05, 3.63) is 106 Å². The molecular formula is C35H42S. The molecule has 0 aromatic heterocycles. The lowest BCUT2D eigenvalue weighted by Crippen LogP contribution is -2.11. The summed E-state index contributed by atoms with van der Waals surface area (Å²) >= 11 is 0. The first kappa shape index (κ1) is 25.2. The van der Waals surface area contributed by atoms with Crippen molar-refractivity contribution in [2.75, 3.05) is 0 Å². The zero-order chi connectivity index (χ0) is 25.3. The summed E-state index contributed by atoms with van der Waals surface area (Å²) in [6.45, 7) is 11.5. The van der Waals surface area contributed by atoms with Gasteiger partial charge in [0.1, 0.15) is 0 Å². The van der Waals surface area contributed by atoms with Crippen LogP contribution in [0.3, 0.4) is 0 Å². The van der Waals surface area contributed by atoms with Crippen molar-refractivity contribution >= 4 is 22.5 Å². The molecule has 1 fully saturated rings. The summed E-state index contributed by atoms with van der Waals surface area (Å²) in [5, 5.41) is 2.58. The molecule has 2 aliphatic rings. The molecule has 1 aliphatic carbocycles. The quantitative estimate of drug-likeness (QED) is 0.335. The maximum absolute atomic E-state index is 2.58. The molecule has 0 nitrogen and oxygen atoms in total. The Labute approximate surface area is 221 Å². The molecule has 0 spiro atoms. The molecule has 3 aromatic carbocycles. The Bertz CT molecular complexity index is 1280. The van der Waals surface area contributed by atoms with Crippen molar-refractivity contribution in [2.24, 2.45) is 5.92 Å². The van der Waals surface area contributed by atoms with Gasteiger partial charge in [-0.25, -0.2) is 0 Å². The third kappa shape index (κ3) is 5.42. The van der Waals surface area contributed by atoms with E-state index in [0.29, 0.717) is 5.92 Å². The molecule has 0 amide bonds. The van der Waals surface area contributed by atoms with E-state index in [1.54, 1.807) is 0 Å². The van der Waals surface area contributed by atoms with Crippen LogP contribution in [-0.2, 0) is 5.41 Å². The molecule has 36 heavy (non-hydrogen) atoms. The van der Waals surface area contributed by atoms with Gasteiger partial charge in [-0.1, -0.05) is 115 Å². The summed E-state index contributed by atoms with van der Waals surface area (Å²) in [6.07, 6.45) is 11.8. The second kappa shape index (κ2) is 10.5. The molecule has 1 heterocycles. The smallest absolute Gasteiger partial charge is 0.00292 e. The van der Waals surface area contributed by atoms with Crippen LogP contribution < -0.4 is 0 Å². The average Bonchev–Trinajstić information content (AvgIpc) is 3.27. The van der Waals surface area contributed by atoms with Gasteiger partial charge in [0, 0.05) is 4.90 Å². The highest BCUT2D eigenvalue weighted by Crippen LogP contribution is 2.57. The molecule has 0 radical (unpaired) electrons. The third-order valence-electron chi connectivity index (χ3n) is 7.87. The van der Waals surface area contributed by atoms with E-state index >= 15 is 0 Å². The van der Waals surface area contributed by atoms with Gasteiger partial charge in [-0.05, 0) is 92.0 Å². The highest BCUT2D eigenvalue weighted by atomic mass is 32.2. The molecular weight excluding hydrogens is 452 g/mol. The minimum atomic E-state index is -0.535. The fraction of sp³-hybridized carbons (Fsp3) is 0.371. The Kier molecular flexibility index (Phi) is 7.31. The summed E-state index contributed by atoms with van der Waals surface area (Å²) < 4.78 is 0. The van der Waals surface area contributed by atoms with E-state index < -0.39 is 10.9 Å². The Morgan fingerprint density at radius 3 is 2.39 bits per heavy atom. The van der Waals surface area contributed by atoms with E-state index in [0.717, 1.165) is 5.92 Å². The second-order valence-corrected chi connectivity index (χ2v) is 14.0. The molecule has 1 aliphatic heterocycles. The lowest BCUT2D eigenvalue weighted by atomic mass is 9.85. The van der Waals surface area contributed by atoms with Crippen LogP contribution in [0.15, 0.2) is 88.0 Å². The first-order chi connectivity index (χ1) is 17.3. The second-order valence-electron chi connectivity index (χ2n) is 12.0. The minimum Gasteiger partial charge on any atom is -0.178 e. The molecule has 1 unspecified atom stereocenters. The molecule has 1 atom stereocenters. The molecule has 3 aromatic rings. The van der Waals surface area contributed by atoms with Gasteiger partial charge in [-0.15, -0.1) is 0 Å². The van der Waals surface area contributed by atoms with Gasteiger partial charge >= 0.3 is 0 Å². The highest BCUT2D eigenvalue weighted by molar-refractivity contribution is 8.20. The third-order valence-corrected chi connectivity index (χ3v) is 10.1. The maximum Gasteiger partial charge on any atom is 0.00292 e. The number of allylic oxidation sites excluding steroid dienone is 1. The van der Waals surface area contributed by atoms with E-state index in [1.165, 1.54) is 75.3 Å². The van der Waals surface area contributed by atoms with Crippen molar-refractivity contribution < 1.29 is 0 Å². The Hall–Kier alpha value is -2.51. The van der Waals surface area contributed by atoms with Gasteiger partial charge in [0.25, 0.3) is 0 Å². The van der Waals surface area contributed by atoms with E-state index in [1.807, 2.05) is 0 Å². The predicted molar refractivity (Wildman–Crippen MR) is 160 cm³/mol. The first-order valence-electron chi connectivity index (χ1n) is 13.8. The fourth-order valence-corrected chi connectivity index (χ4v) is 7.97. The van der Waals surface area contributed by atoms with Crippen LogP contribution in [0, 0.1) is 5.92 Å². The number of rotatable bonds is 5. The normalized spacial score (nSPS) is 19.6. The number of fused-ring (bicyclic) bond motifs is 1. The van der Waals surface area contributed by atoms with Crippen molar-refractivity contribution in [1.82, 2.24) is 0 Å². The van der Waals surface area contributed by atoms with E-state index in [9.17, 15) is 0 Å². The zero-order valence-corrected chi connectivity index (χ0v) is 23.6. The predicted octanol–water partition coefficient (Wildman–Crippen LogP) is 10.5. The summed E-state index contributed by atoms with van der Waals surface area (Å²) in [6, 6.07) is 25.7. The largest absolute Gasteiger partial charge is 0.178 e. The van der Waals surface area contributed by atoms with Gasteiger partial charge in [0.2, 0.25) is 0 Å². The highest BCUT2D eigenvalue weighted by Gasteiger charge is 2.24. The van der Waals surface area contributed by atoms with Gasteiger partial charge in [-0.2, -0.15) is 10.9 Å². The number of benzene rings is 3. The van der Waals surface area contributed by atoms with Crippen molar-refractivity contribution in [2.45, 2.75) is 87.8 Å². The SMILES string of the molecule is CC(C)c1cc(/C=C/C2CCCCC2)cc([SH]2C=C(c3cccc(C(C)(C)C)c3)c3ccccc32)c1. The molecule has 0 N–H and O–H groups in total. The van der Waals surface area contributed by atoms with Crippen LogP contribution in [0.1, 0.15) is 100 Å². The lowest BCUT2D eigenvalue weighted by molar-refractivity contribution is 0.420. The van der Waals surface area contributed by atoms with Crippen molar-refractivity contribution in [3.8, 4) is 0 Å².